The largest absolute Gasteiger partial charge is 0.241 e. The molecule has 0 aliphatic rings. The Bertz CT molecular complexity index is 985. The van der Waals surface area contributed by atoms with Crippen molar-refractivity contribution in [1.82, 2.24) is 9.71 Å². The topological polar surface area (TPSA) is 59.1 Å². The average molecular weight is 421 g/mol. The first-order valence-corrected chi connectivity index (χ1v) is 11.5. The van der Waals surface area contributed by atoms with Gasteiger partial charge in [0.05, 0.1) is 11.4 Å². The quantitative estimate of drug-likeness (QED) is 0.584. The fourth-order valence-electron chi connectivity index (χ4n) is 2.67. The van der Waals surface area contributed by atoms with Gasteiger partial charge < -0.3 is 0 Å². The molecule has 0 saturated heterocycles. The SMILES string of the molecule is Cc1nc(-c2ccc(Cl)cc2)sc1CCNS(=O)(=O)CCc1ccccc1. The van der Waals surface area contributed by atoms with Gasteiger partial charge in [0, 0.05) is 22.0 Å². The Morgan fingerprint density at radius 1 is 1.04 bits per heavy atom. The number of aryl methyl sites for hydroxylation is 2. The molecular formula is C20H21ClN2O2S2. The maximum Gasteiger partial charge on any atom is 0.211 e. The van der Waals surface area contributed by atoms with E-state index in [-0.39, 0.29) is 5.75 Å². The molecule has 0 fully saturated rings. The molecule has 0 atom stereocenters. The van der Waals surface area contributed by atoms with Crippen molar-refractivity contribution in [2.24, 2.45) is 0 Å². The number of thiazole rings is 1. The zero-order valence-electron chi connectivity index (χ0n) is 15.0. The van der Waals surface area contributed by atoms with Crippen LogP contribution in [0.3, 0.4) is 0 Å². The van der Waals surface area contributed by atoms with E-state index in [0.717, 1.165) is 26.7 Å². The lowest BCUT2D eigenvalue weighted by Gasteiger charge is -2.06. The first-order valence-electron chi connectivity index (χ1n) is 8.66. The third-order valence-corrected chi connectivity index (χ3v) is 7.06. The van der Waals surface area contributed by atoms with Crippen LogP contribution in [0.25, 0.3) is 10.6 Å². The molecule has 0 spiro atoms. The average Bonchev–Trinajstić information content (AvgIpc) is 3.02. The number of sulfonamides is 1. The van der Waals surface area contributed by atoms with Gasteiger partial charge >= 0.3 is 0 Å². The third-order valence-electron chi connectivity index (χ3n) is 4.16. The maximum absolute atomic E-state index is 12.2. The highest BCUT2D eigenvalue weighted by Gasteiger charge is 2.13. The van der Waals surface area contributed by atoms with Gasteiger partial charge in [-0.15, -0.1) is 11.3 Å². The summed E-state index contributed by atoms with van der Waals surface area (Å²) in [6, 6.07) is 17.2. The molecule has 2 aromatic carbocycles. The minimum atomic E-state index is -3.29. The molecule has 1 heterocycles. The maximum atomic E-state index is 12.2. The van der Waals surface area contributed by atoms with Gasteiger partial charge in [0.25, 0.3) is 0 Å². The fourth-order valence-corrected chi connectivity index (χ4v) is 4.92. The van der Waals surface area contributed by atoms with Crippen molar-refractivity contribution in [1.29, 1.82) is 0 Å². The molecule has 1 N–H and O–H groups in total. The summed E-state index contributed by atoms with van der Waals surface area (Å²) in [6.45, 7) is 2.33. The number of halogens is 1. The van der Waals surface area contributed by atoms with Gasteiger partial charge in [-0.1, -0.05) is 54.1 Å². The van der Waals surface area contributed by atoms with Gasteiger partial charge in [0.15, 0.2) is 0 Å². The van der Waals surface area contributed by atoms with Crippen molar-refractivity contribution in [3.63, 3.8) is 0 Å². The van der Waals surface area contributed by atoms with Crippen LogP contribution in [0.2, 0.25) is 5.02 Å². The second-order valence-corrected chi connectivity index (χ2v) is 9.68. The minimum absolute atomic E-state index is 0.0920. The second kappa shape index (κ2) is 8.97. The van der Waals surface area contributed by atoms with E-state index in [9.17, 15) is 8.42 Å². The number of hydrogen-bond acceptors (Lipinski definition) is 4. The van der Waals surface area contributed by atoms with Crippen LogP contribution in [-0.2, 0) is 22.9 Å². The lowest BCUT2D eigenvalue weighted by molar-refractivity contribution is 0.581. The Hall–Kier alpha value is -1.73. The van der Waals surface area contributed by atoms with Gasteiger partial charge in [-0.3, -0.25) is 0 Å². The minimum Gasteiger partial charge on any atom is -0.241 e. The zero-order chi connectivity index (χ0) is 19.3. The lowest BCUT2D eigenvalue weighted by Crippen LogP contribution is -2.29. The normalized spacial score (nSPS) is 11.6. The van der Waals surface area contributed by atoms with E-state index in [2.05, 4.69) is 9.71 Å². The van der Waals surface area contributed by atoms with Crippen LogP contribution >= 0.6 is 22.9 Å². The molecule has 142 valence electrons. The van der Waals surface area contributed by atoms with Gasteiger partial charge in [-0.05, 0) is 37.5 Å². The molecule has 0 aliphatic carbocycles. The molecule has 0 saturated carbocycles. The van der Waals surface area contributed by atoms with Crippen LogP contribution in [-0.4, -0.2) is 25.7 Å². The summed E-state index contributed by atoms with van der Waals surface area (Å²) in [7, 11) is -3.29. The molecule has 0 amide bonds. The van der Waals surface area contributed by atoms with E-state index in [1.165, 1.54) is 0 Å². The summed E-state index contributed by atoms with van der Waals surface area (Å²) < 4.78 is 27.1. The molecule has 0 aliphatic heterocycles. The molecular weight excluding hydrogens is 400 g/mol. The van der Waals surface area contributed by atoms with Crippen LogP contribution in [0.1, 0.15) is 16.1 Å². The zero-order valence-corrected chi connectivity index (χ0v) is 17.4. The predicted molar refractivity (Wildman–Crippen MR) is 113 cm³/mol. The Balaban J connectivity index is 1.54. The number of nitrogens with one attached hydrogen (secondary N) is 1. The highest BCUT2D eigenvalue weighted by molar-refractivity contribution is 7.89. The van der Waals surface area contributed by atoms with Gasteiger partial charge in [0.2, 0.25) is 10.0 Å². The highest BCUT2D eigenvalue weighted by Crippen LogP contribution is 2.29. The van der Waals surface area contributed by atoms with Crippen molar-refractivity contribution in [3.05, 3.63) is 75.8 Å². The molecule has 1 aromatic heterocycles. The summed E-state index contributed by atoms with van der Waals surface area (Å²) in [5.41, 5.74) is 2.98. The first-order chi connectivity index (χ1) is 12.9. The summed E-state index contributed by atoms with van der Waals surface area (Å²) in [4.78, 5) is 5.69. The number of hydrogen-bond donors (Lipinski definition) is 1. The van der Waals surface area contributed by atoms with Crippen molar-refractivity contribution in [2.75, 3.05) is 12.3 Å². The molecule has 7 heteroatoms. The third kappa shape index (κ3) is 5.87. The van der Waals surface area contributed by atoms with Gasteiger partial charge in [-0.2, -0.15) is 0 Å². The monoisotopic (exact) mass is 420 g/mol. The Morgan fingerprint density at radius 3 is 2.44 bits per heavy atom. The first kappa shape index (κ1) is 20.0. The van der Waals surface area contributed by atoms with Crippen molar-refractivity contribution in [2.45, 2.75) is 19.8 Å². The number of nitrogens with zero attached hydrogens (tertiary/aromatic N) is 1. The van der Waals surface area contributed by atoms with Gasteiger partial charge in [-0.25, -0.2) is 18.1 Å². The summed E-state index contributed by atoms with van der Waals surface area (Å²) in [6.07, 6.45) is 1.14. The highest BCUT2D eigenvalue weighted by atomic mass is 35.5. The summed E-state index contributed by atoms with van der Waals surface area (Å²) >= 11 is 7.52. The number of aromatic nitrogens is 1. The second-order valence-electron chi connectivity index (χ2n) is 6.23. The standard InChI is InChI=1S/C20H21ClN2O2S2/c1-15-19(26-20(23-15)17-7-9-18(21)10-8-17)11-13-22-27(24,25)14-12-16-5-3-2-4-6-16/h2-10,22H,11-14H2,1H3. The van der Waals surface area contributed by atoms with Crippen LogP contribution < -0.4 is 4.72 Å². The predicted octanol–water partition coefficient (Wildman–Crippen LogP) is 4.48. The van der Waals surface area contributed by atoms with Crippen LogP contribution in [0.4, 0.5) is 0 Å². The Labute approximate surface area is 169 Å². The molecule has 27 heavy (non-hydrogen) atoms. The Morgan fingerprint density at radius 2 is 1.74 bits per heavy atom. The van der Waals surface area contributed by atoms with Crippen LogP contribution in [0.15, 0.2) is 54.6 Å². The molecule has 3 aromatic rings. The van der Waals surface area contributed by atoms with E-state index < -0.39 is 10.0 Å². The lowest BCUT2D eigenvalue weighted by atomic mass is 10.2. The summed E-state index contributed by atoms with van der Waals surface area (Å²) in [5, 5.41) is 1.61. The molecule has 4 nitrogen and oxygen atoms in total. The summed E-state index contributed by atoms with van der Waals surface area (Å²) in [5.74, 6) is 0.0920. The van der Waals surface area contributed by atoms with Crippen molar-refractivity contribution < 1.29 is 8.42 Å². The van der Waals surface area contributed by atoms with Crippen molar-refractivity contribution >= 4 is 33.0 Å². The smallest absolute Gasteiger partial charge is 0.211 e. The van der Waals surface area contributed by atoms with E-state index in [1.807, 2.05) is 61.5 Å². The van der Waals surface area contributed by atoms with Crippen LogP contribution in [0, 0.1) is 6.92 Å². The number of rotatable bonds is 8. The fraction of sp³-hybridized carbons (Fsp3) is 0.250. The van der Waals surface area contributed by atoms with Crippen molar-refractivity contribution in [3.8, 4) is 10.6 Å². The molecule has 0 bridgehead atoms. The van der Waals surface area contributed by atoms with Crippen LogP contribution in [0.5, 0.6) is 0 Å². The van der Waals surface area contributed by atoms with E-state index in [1.54, 1.807) is 11.3 Å². The van der Waals surface area contributed by atoms with E-state index in [4.69, 9.17) is 11.6 Å². The Kier molecular flexibility index (Phi) is 6.65. The number of benzene rings is 2. The molecule has 3 rings (SSSR count). The van der Waals surface area contributed by atoms with E-state index in [0.29, 0.717) is 24.4 Å². The molecule has 0 unspecified atom stereocenters. The van der Waals surface area contributed by atoms with E-state index >= 15 is 0 Å². The molecule has 0 radical (unpaired) electrons. The van der Waals surface area contributed by atoms with Gasteiger partial charge in [0.1, 0.15) is 5.01 Å².